The molecule has 0 saturated carbocycles. The van der Waals surface area contributed by atoms with Crippen molar-refractivity contribution in [2.45, 2.75) is 12.5 Å². The molecule has 0 aliphatic carbocycles. The molecule has 1 aliphatic rings. The Kier molecular flexibility index (Phi) is 6.18. The molecule has 0 radical (unpaired) electrons. The first-order valence-corrected chi connectivity index (χ1v) is 7.66. The number of hydrogen-bond acceptors (Lipinski definition) is 5. The number of para-hydroxylation sites is 1. The number of rotatable bonds is 7. The zero-order valence-electron chi connectivity index (χ0n) is 13.1. The lowest BCUT2D eigenvalue weighted by molar-refractivity contribution is -0.138. The SMILES string of the molecule is CN1CCN(CCOc2ccccc2C[C@@H](N)C(=O)O)CC1. The van der Waals surface area contributed by atoms with E-state index in [1.807, 2.05) is 24.3 Å². The highest BCUT2D eigenvalue weighted by Crippen LogP contribution is 2.19. The first-order valence-electron chi connectivity index (χ1n) is 7.66. The van der Waals surface area contributed by atoms with Crippen LogP contribution in [0.1, 0.15) is 5.56 Å². The van der Waals surface area contributed by atoms with Crippen LogP contribution in [0.15, 0.2) is 24.3 Å². The van der Waals surface area contributed by atoms with Gasteiger partial charge in [-0.15, -0.1) is 0 Å². The molecular weight excluding hydrogens is 282 g/mol. The number of piperazine rings is 1. The fraction of sp³-hybridized carbons (Fsp3) is 0.562. The van der Waals surface area contributed by atoms with Crippen molar-refractivity contribution in [2.24, 2.45) is 5.73 Å². The van der Waals surface area contributed by atoms with Crippen molar-refractivity contribution in [3.63, 3.8) is 0 Å². The Bertz CT molecular complexity index is 487. The predicted octanol–water partition coefficient (Wildman–Crippen LogP) is 0.267. The maximum absolute atomic E-state index is 10.9. The summed E-state index contributed by atoms with van der Waals surface area (Å²) in [7, 11) is 2.13. The summed E-state index contributed by atoms with van der Waals surface area (Å²) in [6, 6.07) is 6.60. The number of carboxylic acids is 1. The summed E-state index contributed by atoms with van der Waals surface area (Å²) in [6.45, 7) is 5.78. The highest BCUT2D eigenvalue weighted by Gasteiger charge is 2.16. The molecule has 0 spiro atoms. The number of carboxylic acid groups (broad SMARTS) is 1. The zero-order valence-corrected chi connectivity index (χ0v) is 13.1. The second-order valence-corrected chi connectivity index (χ2v) is 5.75. The van der Waals surface area contributed by atoms with Crippen LogP contribution < -0.4 is 10.5 Å². The molecule has 0 bridgehead atoms. The topological polar surface area (TPSA) is 79.0 Å². The van der Waals surface area contributed by atoms with E-state index in [2.05, 4.69) is 16.8 Å². The van der Waals surface area contributed by atoms with Gasteiger partial charge in [0.15, 0.2) is 0 Å². The summed E-state index contributed by atoms with van der Waals surface area (Å²) < 4.78 is 5.84. The number of ether oxygens (including phenoxy) is 1. The first-order chi connectivity index (χ1) is 10.6. The Morgan fingerprint density at radius 1 is 1.32 bits per heavy atom. The van der Waals surface area contributed by atoms with Gasteiger partial charge in [-0.2, -0.15) is 0 Å². The van der Waals surface area contributed by atoms with E-state index in [1.165, 1.54) is 0 Å². The molecule has 1 heterocycles. The Hall–Kier alpha value is -1.63. The molecule has 1 aromatic carbocycles. The number of aliphatic carboxylic acids is 1. The molecule has 6 heteroatoms. The van der Waals surface area contributed by atoms with Gasteiger partial charge in [-0.25, -0.2) is 0 Å². The molecule has 0 aromatic heterocycles. The molecule has 2 rings (SSSR count). The van der Waals surface area contributed by atoms with Gasteiger partial charge in [0.05, 0.1) is 0 Å². The number of carbonyl (C=O) groups is 1. The average Bonchev–Trinajstić information content (AvgIpc) is 2.51. The molecular formula is C16H25N3O3. The van der Waals surface area contributed by atoms with E-state index in [4.69, 9.17) is 15.6 Å². The summed E-state index contributed by atoms with van der Waals surface area (Å²) in [6.07, 6.45) is 0.278. The van der Waals surface area contributed by atoms with Crippen LogP contribution in [0.4, 0.5) is 0 Å². The lowest BCUT2D eigenvalue weighted by Gasteiger charge is -2.32. The minimum Gasteiger partial charge on any atom is -0.492 e. The number of hydrogen-bond donors (Lipinski definition) is 2. The van der Waals surface area contributed by atoms with Crippen molar-refractivity contribution in [1.29, 1.82) is 0 Å². The van der Waals surface area contributed by atoms with Crippen molar-refractivity contribution >= 4 is 5.97 Å². The third-order valence-electron chi connectivity index (χ3n) is 3.99. The molecule has 6 nitrogen and oxygen atoms in total. The van der Waals surface area contributed by atoms with Crippen LogP contribution in [-0.4, -0.2) is 73.3 Å². The van der Waals surface area contributed by atoms with Gasteiger partial charge in [-0.05, 0) is 18.7 Å². The zero-order chi connectivity index (χ0) is 15.9. The van der Waals surface area contributed by atoms with Crippen LogP contribution in [0.25, 0.3) is 0 Å². The molecule has 0 amide bonds. The monoisotopic (exact) mass is 307 g/mol. The highest BCUT2D eigenvalue weighted by atomic mass is 16.5. The predicted molar refractivity (Wildman–Crippen MR) is 85.2 cm³/mol. The summed E-state index contributed by atoms with van der Waals surface area (Å²) in [5.74, 6) is -0.263. The smallest absolute Gasteiger partial charge is 0.320 e. The van der Waals surface area contributed by atoms with Crippen LogP contribution in [-0.2, 0) is 11.2 Å². The third kappa shape index (κ3) is 4.98. The summed E-state index contributed by atoms with van der Waals surface area (Å²) in [4.78, 5) is 15.6. The number of nitrogens with two attached hydrogens (primary N) is 1. The molecule has 1 aromatic rings. The van der Waals surface area contributed by atoms with Crippen molar-refractivity contribution < 1.29 is 14.6 Å². The molecule has 1 saturated heterocycles. The largest absolute Gasteiger partial charge is 0.492 e. The van der Waals surface area contributed by atoms with Gasteiger partial charge in [0.25, 0.3) is 0 Å². The van der Waals surface area contributed by atoms with Gasteiger partial charge < -0.3 is 20.5 Å². The van der Waals surface area contributed by atoms with Crippen molar-refractivity contribution in [3.05, 3.63) is 29.8 Å². The number of benzene rings is 1. The van der Waals surface area contributed by atoms with Gasteiger partial charge in [-0.3, -0.25) is 9.69 Å². The van der Waals surface area contributed by atoms with E-state index < -0.39 is 12.0 Å². The average molecular weight is 307 g/mol. The molecule has 0 unspecified atom stereocenters. The fourth-order valence-electron chi connectivity index (χ4n) is 2.49. The van der Waals surface area contributed by atoms with Gasteiger partial charge in [0.1, 0.15) is 18.4 Å². The Morgan fingerprint density at radius 2 is 2.00 bits per heavy atom. The Labute approximate surface area is 131 Å². The third-order valence-corrected chi connectivity index (χ3v) is 3.99. The fourth-order valence-corrected chi connectivity index (χ4v) is 2.49. The lowest BCUT2D eigenvalue weighted by Crippen LogP contribution is -2.45. The number of nitrogens with zero attached hydrogens (tertiary/aromatic N) is 2. The second kappa shape index (κ2) is 8.12. The summed E-state index contributed by atoms with van der Waals surface area (Å²) in [5, 5.41) is 8.93. The second-order valence-electron chi connectivity index (χ2n) is 5.75. The first kappa shape index (κ1) is 16.7. The molecule has 22 heavy (non-hydrogen) atoms. The van der Waals surface area contributed by atoms with Crippen molar-refractivity contribution in [1.82, 2.24) is 9.80 Å². The normalized spacial score (nSPS) is 18.1. The number of likely N-dealkylation sites (N-methyl/N-ethyl adjacent to an activating group) is 1. The van der Waals surface area contributed by atoms with Gasteiger partial charge in [0.2, 0.25) is 0 Å². The summed E-state index contributed by atoms with van der Waals surface area (Å²) >= 11 is 0. The molecule has 3 N–H and O–H groups in total. The standard InChI is InChI=1S/C16H25N3O3/c1-18-6-8-19(9-7-18)10-11-22-15-5-3-2-4-13(15)12-14(17)16(20)21/h2-5,14H,6-12,17H2,1H3,(H,20,21)/t14-/m1/s1. The van der Waals surface area contributed by atoms with Gasteiger partial charge in [-0.1, -0.05) is 18.2 Å². The Balaban J connectivity index is 1.83. The van der Waals surface area contributed by atoms with Crippen molar-refractivity contribution in [2.75, 3.05) is 46.4 Å². The maximum atomic E-state index is 10.9. The van der Waals surface area contributed by atoms with Crippen LogP contribution in [0.3, 0.4) is 0 Å². The Morgan fingerprint density at radius 3 is 2.68 bits per heavy atom. The molecule has 122 valence electrons. The van der Waals surface area contributed by atoms with Crippen LogP contribution in [0.5, 0.6) is 5.75 Å². The van der Waals surface area contributed by atoms with E-state index in [9.17, 15) is 4.79 Å². The highest BCUT2D eigenvalue weighted by molar-refractivity contribution is 5.73. The quantitative estimate of drug-likeness (QED) is 0.753. The molecule has 1 aliphatic heterocycles. The van der Waals surface area contributed by atoms with Crippen LogP contribution in [0, 0.1) is 0 Å². The van der Waals surface area contributed by atoms with E-state index >= 15 is 0 Å². The van der Waals surface area contributed by atoms with E-state index in [0.29, 0.717) is 6.61 Å². The molecule has 1 fully saturated rings. The minimum atomic E-state index is -0.993. The van der Waals surface area contributed by atoms with E-state index in [-0.39, 0.29) is 6.42 Å². The van der Waals surface area contributed by atoms with E-state index in [0.717, 1.165) is 44.0 Å². The van der Waals surface area contributed by atoms with Gasteiger partial charge >= 0.3 is 5.97 Å². The molecule has 1 atom stereocenters. The maximum Gasteiger partial charge on any atom is 0.320 e. The summed E-state index contributed by atoms with van der Waals surface area (Å²) in [5.41, 5.74) is 6.45. The van der Waals surface area contributed by atoms with Crippen molar-refractivity contribution in [3.8, 4) is 5.75 Å². The van der Waals surface area contributed by atoms with Crippen LogP contribution in [0.2, 0.25) is 0 Å². The van der Waals surface area contributed by atoms with E-state index in [1.54, 1.807) is 0 Å². The van der Waals surface area contributed by atoms with Crippen LogP contribution >= 0.6 is 0 Å². The minimum absolute atomic E-state index is 0.278. The lowest BCUT2D eigenvalue weighted by atomic mass is 10.1. The van der Waals surface area contributed by atoms with Gasteiger partial charge in [0, 0.05) is 39.1 Å².